The van der Waals surface area contributed by atoms with Crippen LogP contribution in [0.25, 0.3) is 10.8 Å². The molecule has 1 N–H and O–H groups in total. The van der Waals surface area contributed by atoms with Crippen LogP contribution in [0.5, 0.6) is 5.88 Å². The monoisotopic (exact) mass is 302 g/mol. The summed E-state index contributed by atoms with van der Waals surface area (Å²) in [4.78, 5) is 21.7. The molecule has 1 amide bonds. The minimum Gasteiger partial charge on any atom is -0.481 e. The van der Waals surface area contributed by atoms with E-state index in [2.05, 4.69) is 10.5 Å². The van der Waals surface area contributed by atoms with Crippen LogP contribution in [-0.2, 0) is 9.57 Å². The van der Waals surface area contributed by atoms with Gasteiger partial charge < -0.3 is 9.47 Å². The third kappa shape index (κ3) is 3.18. The number of benzene rings is 1. The van der Waals surface area contributed by atoms with Gasteiger partial charge in [0.2, 0.25) is 5.88 Å². The lowest BCUT2D eigenvalue weighted by molar-refractivity contribution is -0.186. The van der Waals surface area contributed by atoms with E-state index in [0.717, 1.165) is 30.0 Å². The number of amides is 1. The highest BCUT2D eigenvalue weighted by molar-refractivity contribution is 5.97. The smallest absolute Gasteiger partial charge is 0.293 e. The first-order valence-corrected chi connectivity index (χ1v) is 7.29. The summed E-state index contributed by atoms with van der Waals surface area (Å²) in [5.41, 5.74) is 2.64. The number of hydrogen-bond donors (Lipinski definition) is 1. The molecule has 1 aromatic carbocycles. The van der Waals surface area contributed by atoms with E-state index in [0.29, 0.717) is 12.5 Å². The van der Waals surface area contributed by atoms with Gasteiger partial charge >= 0.3 is 0 Å². The van der Waals surface area contributed by atoms with Crippen LogP contribution in [0.15, 0.2) is 30.3 Å². The summed E-state index contributed by atoms with van der Waals surface area (Å²) in [7, 11) is 1.53. The Morgan fingerprint density at radius 3 is 3.00 bits per heavy atom. The summed E-state index contributed by atoms with van der Waals surface area (Å²) >= 11 is 0. The lowest BCUT2D eigenvalue weighted by Crippen LogP contribution is -2.33. The van der Waals surface area contributed by atoms with Gasteiger partial charge in [-0.15, -0.1) is 0 Å². The van der Waals surface area contributed by atoms with E-state index in [-0.39, 0.29) is 12.0 Å². The zero-order valence-electron chi connectivity index (χ0n) is 12.4. The van der Waals surface area contributed by atoms with Crippen molar-refractivity contribution >= 4 is 16.7 Å². The van der Waals surface area contributed by atoms with Crippen LogP contribution < -0.4 is 10.2 Å². The lowest BCUT2D eigenvalue weighted by atomic mass is 10.1. The van der Waals surface area contributed by atoms with Crippen molar-refractivity contribution < 1.29 is 19.1 Å². The van der Waals surface area contributed by atoms with Crippen molar-refractivity contribution in [3.8, 4) is 5.88 Å². The zero-order valence-corrected chi connectivity index (χ0v) is 12.4. The van der Waals surface area contributed by atoms with Gasteiger partial charge in [-0.3, -0.25) is 4.79 Å². The molecule has 2 heterocycles. The Morgan fingerprint density at radius 1 is 1.36 bits per heavy atom. The summed E-state index contributed by atoms with van der Waals surface area (Å²) < 4.78 is 10.7. The first-order chi connectivity index (χ1) is 10.8. The lowest BCUT2D eigenvalue weighted by Gasteiger charge is -2.22. The fourth-order valence-corrected chi connectivity index (χ4v) is 2.41. The van der Waals surface area contributed by atoms with Gasteiger partial charge in [0.15, 0.2) is 6.29 Å². The molecule has 6 heteroatoms. The van der Waals surface area contributed by atoms with Gasteiger partial charge in [0.1, 0.15) is 5.69 Å². The number of methoxy groups -OCH3 is 1. The van der Waals surface area contributed by atoms with Crippen molar-refractivity contribution in [1.29, 1.82) is 0 Å². The number of fused-ring (bicyclic) bond motifs is 1. The molecule has 1 fully saturated rings. The fourth-order valence-electron chi connectivity index (χ4n) is 2.41. The molecule has 0 spiro atoms. The molecule has 1 aliphatic heterocycles. The molecule has 0 aliphatic carbocycles. The van der Waals surface area contributed by atoms with E-state index >= 15 is 0 Å². The number of carbonyl (C=O) groups is 1. The SMILES string of the molecule is COc1nc(C(=O)NO[C@@H]2CCCCO2)cc2ccccc12. The average Bonchev–Trinajstić information content (AvgIpc) is 2.59. The maximum absolute atomic E-state index is 12.2. The molecule has 1 aromatic heterocycles. The highest BCUT2D eigenvalue weighted by Crippen LogP contribution is 2.24. The second kappa shape index (κ2) is 6.72. The number of rotatable bonds is 4. The van der Waals surface area contributed by atoms with Crippen LogP contribution in [0, 0.1) is 0 Å². The number of pyridine rings is 1. The molecule has 1 saturated heterocycles. The van der Waals surface area contributed by atoms with Crippen LogP contribution in [-0.4, -0.2) is 30.9 Å². The minimum atomic E-state index is -0.418. The second-order valence-corrected chi connectivity index (χ2v) is 5.08. The number of aromatic nitrogens is 1. The van der Waals surface area contributed by atoms with E-state index in [1.54, 1.807) is 6.07 Å². The number of nitrogens with zero attached hydrogens (tertiary/aromatic N) is 1. The molecule has 0 saturated carbocycles. The zero-order chi connectivity index (χ0) is 15.4. The Bertz CT molecular complexity index is 668. The van der Waals surface area contributed by atoms with Crippen molar-refractivity contribution in [1.82, 2.24) is 10.5 Å². The van der Waals surface area contributed by atoms with Gasteiger partial charge in [-0.1, -0.05) is 18.2 Å². The van der Waals surface area contributed by atoms with Gasteiger partial charge in [-0.05, 0) is 30.4 Å². The molecule has 116 valence electrons. The maximum atomic E-state index is 12.2. The van der Waals surface area contributed by atoms with Gasteiger partial charge in [0, 0.05) is 18.4 Å². The largest absolute Gasteiger partial charge is 0.481 e. The number of hydroxylamine groups is 1. The van der Waals surface area contributed by atoms with Crippen molar-refractivity contribution in [2.75, 3.05) is 13.7 Å². The topological polar surface area (TPSA) is 69.7 Å². The second-order valence-electron chi connectivity index (χ2n) is 5.08. The predicted molar refractivity (Wildman–Crippen MR) is 80.4 cm³/mol. The summed E-state index contributed by atoms with van der Waals surface area (Å²) in [6.07, 6.45) is 2.44. The molecule has 1 atom stereocenters. The van der Waals surface area contributed by atoms with Crippen LogP contribution in [0.2, 0.25) is 0 Å². The summed E-state index contributed by atoms with van der Waals surface area (Å²) in [6.45, 7) is 0.655. The van der Waals surface area contributed by atoms with Gasteiger partial charge in [-0.25, -0.2) is 15.3 Å². The van der Waals surface area contributed by atoms with Crippen LogP contribution in [0.1, 0.15) is 29.8 Å². The highest BCUT2D eigenvalue weighted by Gasteiger charge is 2.18. The summed E-state index contributed by atoms with van der Waals surface area (Å²) in [5.74, 6) is -0.00427. The van der Waals surface area contributed by atoms with E-state index in [1.807, 2.05) is 24.3 Å². The standard InChI is InChI=1S/C16H18N2O4/c1-20-16-12-7-3-2-6-11(12)10-13(17-16)15(19)18-22-14-8-4-5-9-21-14/h2-3,6-7,10,14H,4-5,8-9H2,1H3,(H,18,19)/t14-/m1/s1. The Labute approximate surface area is 128 Å². The summed E-state index contributed by atoms with van der Waals surface area (Å²) in [6, 6.07) is 9.31. The first-order valence-electron chi connectivity index (χ1n) is 7.29. The van der Waals surface area contributed by atoms with Gasteiger partial charge in [-0.2, -0.15) is 0 Å². The molecule has 0 radical (unpaired) electrons. The van der Waals surface area contributed by atoms with Crippen molar-refractivity contribution in [3.63, 3.8) is 0 Å². The van der Waals surface area contributed by atoms with Crippen LogP contribution >= 0.6 is 0 Å². The molecule has 22 heavy (non-hydrogen) atoms. The molecule has 2 aromatic rings. The maximum Gasteiger partial charge on any atom is 0.293 e. The predicted octanol–water partition coefficient (Wildman–Crippen LogP) is 2.43. The van der Waals surface area contributed by atoms with Crippen LogP contribution in [0.3, 0.4) is 0 Å². The highest BCUT2D eigenvalue weighted by atomic mass is 16.8. The minimum absolute atomic E-state index is 0.242. The molecule has 1 aliphatic rings. The first kappa shape index (κ1) is 14.7. The van der Waals surface area contributed by atoms with Crippen molar-refractivity contribution in [2.24, 2.45) is 0 Å². The Morgan fingerprint density at radius 2 is 2.23 bits per heavy atom. The molecule has 0 bridgehead atoms. The van der Waals surface area contributed by atoms with E-state index in [1.165, 1.54) is 7.11 Å². The summed E-state index contributed by atoms with van der Waals surface area (Å²) in [5, 5.41) is 1.74. The van der Waals surface area contributed by atoms with Crippen LogP contribution in [0.4, 0.5) is 0 Å². The Hall–Kier alpha value is -2.18. The van der Waals surface area contributed by atoms with Crippen molar-refractivity contribution in [3.05, 3.63) is 36.0 Å². The molecular formula is C16H18N2O4. The number of nitrogens with one attached hydrogen (secondary N) is 1. The molecular weight excluding hydrogens is 284 g/mol. The third-order valence-corrected chi connectivity index (χ3v) is 3.55. The number of hydrogen-bond acceptors (Lipinski definition) is 5. The quantitative estimate of drug-likeness (QED) is 0.878. The third-order valence-electron chi connectivity index (χ3n) is 3.55. The number of ether oxygens (including phenoxy) is 2. The molecule has 0 unspecified atom stereocenters. The fraction of sp³-hybridized carbons (Fsp3) is 0.375. The van der Waals surface area contributed by atoms with E-state index in [4.69, 9.17) is 14.3 Å². The number of carbonyl (C=O) groups excluding carboxylic acids is 1. The molecule has 3 rings (SSSR count). The Balaban J connectivity index is 1.75. The van der Waals surface area contributed by atoms with E-state index < -0.39 is 5.91 Å². The normalized spacial score (nSPS) is 18.1. The average molecular weight is 302 g/mol. The van der Waals surface area contributed by atoms with Crippen molar-refractivity contribution in [2.45, 2.75) is 25.6 Å². The Kier molecular flexibility index (Phi) is 4.50. The van der Waals surface area contributed by atoms with Gasteiger partial charge in [0.25, 0.3) is 5.91 Å². The van der Waals surface area contributed by atoms with Gasteiger partial charge in [0.05, 0.1) is 7.11 Å². The van der Waals surface area contributed by atoms with E-state index in [9.17, 15) is 4.79 Å². The molecule has 6 nitrogen and oxygen atoms in total.